The van der Waals surface area contributed by atoms with Crippen molar-refractivity contribution >= 4 is 5.91 Å². The van der Waals surface area contributed by atoms with Crippen molar-refractivity contribution in [3.8, 4) is 0 Å². The minimum atomic E-state index is -0.476. The molecule has 1 aromatic carbocycles. The van der Waals surface area contributed by atoms with E-state index in [0.29, 0.717) is 0 Å². The van der Waals surface area contributed by atoms with Gasteiger partial charge in [-0.25, -0.2) is 4.39 Å². The topological polar surface area (TPSA) is 38.3 Å². The monoisotopic (exact) mass is 237 g/mol. The molecular formula is C13H16FNO2. The molecule has 17 heavy (non-hydrogen) atoms. The first-order chi connectivity index (χ1) is 8.10. The average Bonchev–Trinajstić information content (AvgIpc) is 2.25. The Morgan fingerprint density at radius 3 is 2.82 bits per heavy atom. The molecule has 1 N–H and O–H groups in total. The number of methoxy groups -OCH3 is 1. The van der Waals surface area contributed by atoms with Crippen LogP contribution in [0.25, 0.3) is 0 Å². The fourth-order valence-corrected chi connectivity index (χ4v) is 1.95. The smallest absolute Gasteiger partial charge is 0.254 e. The van der Waals surface area contributed by atoms with Crippen molar-refractivity contribution < 1.29 is 13.9 Å². The lowest BCUT2D eigenvalue weighted by molar-refractivity contribution is 0.0175. The Morgan fingerprint density at radius 2 is 2.18 bits per heavy atom. The normalized spacial score (nSPS) is 23.0. The molecule has 3 nitrogen and oxygen atoms in total. The predicted molar refractivity (Wildman–Crippen MR) is 62.4 cm³/mol. The molecule has 0 bridgehead atoms. The van der Waals surface area contributed by atoms with Gasteiger partial charge in [0.1, 0.15) is 5.82 Å². The van der Waals surface area contributed by atoms with E-state index in [1.807, 2.05) is 6.92 Å². The molecule has 0 spiro atoms. The minimum Gasteiger partial charge on any atom is -0.381 e. The zero-order valence-corrected chi connectivity index (χ0v) is 10.00. The second-order valence-electron chi connectivity index (χ2n) is 4.48. The predicted octanol–water partition coefficient (Wildman–Crippen LogP) is 2.04. The molecule has 92 valence electrons. The Kier molecular flexibility index (Phi) is 3.43. The van der Waals surface area contributed by atoms with Crippen molar-refractivity contribution in [2.24, 2.45) is 0 Å². The Hall–Kier alpha value is -1.42. The summed E-state index contributed by atoms with van der Waals surface area (Å²) in [5, 5.41) is 2.81. The SMILES string of the molecule is COC1CC(NC(=O)c2cc(C)ccc2F)C1. The summed E-state index contributed by atoms with van der Waals surface area (Å²) in [7, 11) is 1.66. The van der Waals surface area contributed by atoms with Gasteiger partial charge in [-0.3, -0.25) is 4.79 Å². The summed E-state index contributed by atoms with van der Waals surface area (Å²) < 4.78 is 18.6. The van der Waals surface area contributed by atoms with Gasteiger partial charge < -0.3 is 10.1 Å². The van der Waals surface area contributed by atoms with Crippen molar-refractivity contribution in [1.29, 1.82) is 0 Å². The number of amides is 1. The highest BCUT2D eigenvalue weighted by atomic mass is 19.1. The molecule has 0 aliphatic heterocycles. The maximum Gasteiger partial charge on any atom is 0.254 e. The Labute approximate surface area is 100.0 Å². The van der Waals surface area contributed by atoms with Crippen molar-refractivity contribution in [3.63, 3.8) is 0 Å². The van der Waals surface area contributed by atoms with Crippen LogP contribution in [0, 0.1) is 12.7 Å². The largest absolute Gasteiger partial charge is 0.381 e. The molecule has 1 aromatic rings. The lowest BCUT2D eigenvalue weighted by atomic mass is 9.89. The number of benzene rings is 1. The number of ether oxygens (including phenoxy) is 1. The van der Waals surface area contributed by atoms with E-state index in [0.717, 1.165) is 18.4 Å². The van der Waals surface area contributed by atoms with Crippen molar-refractivity contribution in [2.45, 2.75) is 31.9 Å². The third kappa shape index (κ3) is 2.64. The maximum absolute atomic E-state index is 13.4. The van der Waals surface area contributed by atoms with Gasteiger partial charge in [-0.15, -0.1) is 0 Å². The molecule has 1 aliphatic rings. The van der Waals surface area contributed by atoms with Crippen LogP contribution in [0.1, 0.15) is 28.8 Å². The van der Waals surface area contributed by atoms with Crippen LogP contribution in [0.15, 0.2) is 18.2 Å². The first-order valence-corrected chi connectivity index (χ1v) is 5.70. The highest BCUT2D eigenvalue weighted by molar-refractivity contribution is 5.94. The summed E-state index contributed by atoms with van der Waals surface area (Å²) in [6.45, 7) is 1.83. The number of halogens is 1. The zero-order chi connectivity index (χ0) is 12.4. The Morgan fingerprint density at radius 1 is 1.47 bits per heavy atom. The highest BCUT2D eigenvalue weighted by Gasteiger charge is 2.30. The molecule has 0 unspecified atom stereocenters. The number of hydrogen-bond acceptors (Lipinski definition) is 2. The highest BCUT2D eigenvalue weighted by Crippen LogP contribution is 2.23. The van der Waals surface area contributed by atoms with Crippen molar-refractivity contribution in [3.05, 3.63) is 35.1 Å². The standard InChI is InChI=1S/C13H16FNO2/c1-8-3-4-12(14)11(5-8)13(16)15-9-6-10(7-9)17-2/h3-5,9-10H,6-7H2,1-2H3,(H,15,16). The minimum absolute atomic E-state index is 0.104. The van der Waals surface area contributed by atoms with Gasteiger partial charge in [-0.05, 0) is 31.9 Å². The summed E-state index contributed by atoms with van der Waals surface area (Å²) >= 11 is 0. The van der Waals surface area contributed by atoms with Gasteiger partial charge in [-0.2, -0.15) is 0 Å². The van der Waals surface area contributed by atoms with Crippen LogP contribution in [0.3, 0.4) is 0 Å². The van der Waals surface area contributed by atoms with Gasteiger partial charge in [-0.1, -0.05) is 11.6 Å². The molecule has 1 saturated carbocycles. The Bertz CT molecular complexity index is 427. The van der Waals surface area contributed by atoms with E-state index in [1.165, 1.54) is 6.07 Å². The van der Waals surface area contributed by atoms with Crippen LogP contribution in [0.4, 0.5) is 4.39 Å². The lowest BCUT2D eigenvalue weighted by Crippen LogP contribution is -2.47. The summed E-state index contributed by atoms with van der Waals surface area (Å²) in [5.41, 5.74) is 0.991. The summed E-state index contributed by atoms with van der Waals surface area (Å²) in [6.07, 6.45) is 1.83. The van der Waals surface area contributed by atoms with Gasteiger partial charge in [0.05, 0.1) is 11.7 Å². The zero-order valence-electron chi connectivity index (χ0n) is 10.00. The molecule has 1 aliphatic carbocycles. The summed E-state index contributed by atoms with van der Waals surface area (Å²) in [6, 6.07) is 4.64. The third-order valence-electron chi connectivity index (χ3n) is 3.13. The van der Waals surface area contributed by atoms with E-state index in [-0.39, 0.29) is 23.6 Å². The van der Waals surface area contributed by atoms with E-state index >= 15 is 0 Å². The summed E-state index contributed by atoms with van der Waals surface area (Å²) in [4.78, 5) is 11.8. The second-order valence-corrected chi connectivity index (χ2v) is 4.48. The van der Waals surface area contributed by atoms with Gasteiger partial charge >= 0.3 is 0 Å². The van der Waals surface area contributed by atoms with Crippen LogP contribution in [-0.2, 0) is 4.74 Å². The first kappa shape index (κ1) is 12.0. The molecule has 2 rings (SSSR count). The molecular weight excluding hydrogens is 221 g/mol. The average molecular weight is 237 g/mol. The molecule has 1 fully saturated rings. The maximum atomic E-state index is 13.4. The number of carbonyl (C=O) groups excluding carboxylic acids is 1. The van der Waals surface area contributed by atoms with Gasteiger partial charge in [0, 0.05) is 13.2 Å². The number of rotatable bonds is 3. The van der Waals surface area contributed by atoms with Crippen LogP contribution in [0.5, 0.6) is 0 Å². The first-order valence-electron chi connectivity index (χ1n) is 5.70. The molecule has 0 aromatic heterocycles. The van der Waals surface area contributed by atoms with E-state index < -0.39 is 5.82 Å². The van der Waals surface area contributed by atoms with Crippen LogP contribution >= 0.6 is 0 Å². The Balaban J connectivity index is 1.98. The quantitative estimate of drug-likeness (QED) is 0.873. The lowest BCUT2D eigenvalue weighted by Gasteiger charge is -2.34. The van der Waals surface area contributed by atoms with Crippen LogP contribution < -0.4 is 5.32 Å². The number of aryl methyl sites for hydroxylation is 1. The molecule has 0 atom stereocenters. The van der Waals surface area contributed by atoms with E-state index in [2.05, 4.69) is 5.32 Å². The van der Waals surface area contributed by atoms with Gasteiger partial charge in [0.2, 0.25) is 0 Å². The molecule has 0 heterocycles. The molecule has 1 amide bonds. The third-order valence-corrected chi connectivity index (χ3v) is 3.13. The van der Waals surface area contributed by atoms with Gasteiger partial charge in [0.25, 0.3) is 5.91 Å². The number of hydrogen-bond donors (Lipinski definition) is 1. The van der Waals surface area contributed by atoms with E-state index in [1.54, 1.807) is 19.2 Å². The summed E-state index contributed by atoms with van der Waals surface area (Å²) in [5.74, 6) is -0.818. The van der Waals surface area contributed by atoms with Crippen molar-refractivity contribution in [1.82, 2.24) is 5.32 Å². The van der Waals surface area contributed by atoms with E-state index in [9.17, 15) is 9.18 Å². The fraction of sp³-hybridized carbons (Fsp3) is 0.462. The fourth-order valence-electron chi connectivity index (χ4n) is 1.95. The van der Waals surface area contributed by atoms with Crippen LogP contribution in [0.2, 0.25) is 0 Å². The van der Waals surface area contributed by atoms with E-state index in [4.69, 9.17) is 4.74 Å². The van der Waals surface area contributed by atoms with Crippen molar-refractivity contribution in [2.75, 3.05) is 7.11 Å². The number of carbonyl (C=O) groups is 1. The number of nitrogens with one attached hydrogen (secondary N) is 1. The second kappa shape index (κ2) is 4.84. The molecule has 0 radical (unpaired) electrons. The van der Waals surface area contributed by atoms with Crippen LogP contribution in [-0.4, -0.2) is 25.2 Å². The molecule has 0 saturated heterocycles. The molecule has 4 heteroatoms. The van der Waals surface area contributed by atoms with Gasteiger partial charge in [0.15, 0.2) is 0 Å².